The minimum Gasteiger partial charge on any atom is -0.495 e. The molecule has 3 aromatic rings. The van der Waals surface area contributed by atoms with Crippen LogP contribution in [0.3, 0.4) is 0 Å². The molecule has 0 unspecified atom stereocenters. The van der Waals surface area contributed by atoms with Crippen molar-refractivity contribution in [2.24, 2.45) is 0 Å². The van der Waals surface area contributed by atoms with Gasteiger partial charge in [-0.3, -0.25) is 14.8 Å². The van der Waals surface area contributed by atoms with E-state index >= 15 is 0 Å². The van der Waals surface area contributed by atoms with Crippen LogP contribution in [0.1, 0.15) is 16.1 Å². The van der Waals surface area contributed by atoms with Gasteiger partial charge in [-0.05, 0) is 42.5 Å². The van der Waals surface area contributed by atoms with E-state index in [0.29, 0.717) is 40.6 Å². The summed E-state index contributed by atoms with van der Waals surface area (Å²) < 4.78 is 52.0. The quantitative estimate of drug-likeness (QED) is 0.589. The Morgan fingerprint density at radius 3 is 2.66 bits per heavy atom. The van der Waals surface area contributed by atoms with Gasteiger partial charge in [0.25, 0.3) is 5.91 Å². The number of benzene rings is 1. The minimum absolute atomic E-state index is 0.229. The van der Waals surface area contributed by atoms with Crippen LogP contribution in [0.2, 0.25) is 0 Å². The van der Waals surface area contributed by atoms with Gasteiger partial charge in [0.2, 0.25) is 0 Å². The lowest BCUT2D eigenvalue weighted by Crippen LogP contribution is -2.32. The molecule has 0 N–H and O–H groups in total. The van der Waals surface area contributed by atoms with Crippen LogP contribution in [0.15, 0.2) is 54.9 Å². The average Bonchev–Trinajstić information content (AvgIpc) is 2.92. The second-order valence-corrected chi connectivity index (χ2v) is 6.87. The number of hydrogen-bond acceptors (Lipinski definition) is 6. The van der Waals surface area contributed by atoms with Crippen molar-refractivity contribution in [3.63, 3.8) is 0 Å². The van der Waals surface area contributed by atoms with Gasteiger partial charge in [0.15, 0.2) is 0 Å². The molecule has 32 heavy (non-hydrogen) atoms. The number of aromatic nitrogens is 2. The molecule has 1 aliphatic rings. The number of carbonyl (C=O) groups excluding carboxylic acids is 1. The zero-order chi connectivity index (χ0) is 22.7. The van der Waals surface area contributed by atoms with Gasteiger partial charge in [0.1, 0.15) is 29.5 Å². The van der Waals surface area contributed by atoms with Crippen LogP contribution in [0.25, 0.3) is 11.3 Å². The molecule has 1 aliphatic heterocycles. The summed E-state index contributed by atoms with van der Waals surface area (Å²) in [5.41, 5.74) is 1.85. The molecule has 1 aromatic carbocycles. The van der Waals surface area contributed by atoms with E-state index in [1.54, 1.807) is 29.3 Å². The zero-order valence-electron chi connectivity index (χ0n) is 16.9. The first-order valence-corrected chi connectivity index (χ1v) is 9.60. The molecule has 4 rings (SSSR count). The fraction of sp³-hybridized carbons (Fsp3) is 0.227. The largest absolute Gasteiger partial charge is 0.573 e. The summed E-state index contributed by atoms with van der Waals surface area (Å²) in [4.78, 5) is 23.4. The lowest BCUT2D eigenvalue weighted by atomic mass is 10.1. The van der Waals surface area contributed by atoms with Crippen LogP contribution in [0, 0.1) is 0 Å². The SMILES string of the molecule is COc1cccnc1CN1CCOc2cnc(-c3ccc(OC(F)(F)F)cc3)cc2C1=O. The highest BCUT2D eigenvalue weighted by Gasteiger charge is 2.31. The lowest BCUT2D eigenvalue weighted by molar-refractivity contribution is -0.274. The first-order chi connectivity index (χ1) is 15.3. The van der Waals surface area contributed by atoms with Gasteiger partial charge in [-0.2, -0.15) is 0 Å². The molecule has 0 saturated carbocycles. The topological polar surface area (TPSA) is 73.8 Å². The van der Waals surface area contributed by atoms with Crippen LogP contribution in [0.4, 0.5) is 13.2 Å². The number of fused-ring (bicyclic) bond motifs is 1. The molecule has 3 heterocycles. The standard InChI is InChI=1S/C22H18F3N3O4/c1-30-19-3-2-8-26-18(19)13-28-9-10-31-20-12-27-17(11-16(20)21(28)29)14-4-6-15(7-5-14)32-22(23,24)25/h2-8,11-12H,9-10,13H2,1H3. The van der Waals surface area contributed by atoms with Crippen molar-refractivity contribution < 1.29 is 32.2 Å². The normalized spacial score (nSPS) is 13.8. The summed E-state index contributed by atoms with van der Waals surface area (Å²) in [5.74, 6) is 0.297. The number of hydrogen-bond donors (Lipinski definition) is 0. The Labute approximate surface area is 181 Å². The summed E-state index contributed by atoms with van der Waals surface area (Å²) in [5, 5.41) is 0. The fourth-order valence-corrected chi connectivity index (χ4v) is 3.31. The number of pyridine rings is 2. The molecule has 0 spiro atoms. The molecule has 0 atom stereocenters. The highest BCUT2D eigenvalue weighted by Crippen LogP contribution is 2.30. The second-order valence-electron chi connectivity index (χ2n) is 6.87. The van der Waals surface area contributed by atoms with Crippen LogP contribution >= 0.6 is 0 Å². The van der Waals surface area contributed by atoms with Gasteiger partial charge in [0.05, 0.1) is 37.7 Å². The van der Waals surface area contributed by atoms with E-state index in [4.69, 9.17) is 9.47 Å². The summed E-state index contributed by atoms with van der Waals surface area (Å²) in [7, 11) is 1.53. The van der Waals surface area contributed by atoms with E-state index in [9.17, 15) is 18.0 Å². The van der Waals surface area contributed by atoms with Crippen molar-refractivity contribution in [1.29, 1.82) is 0 Å². The van der Waals surface area contributed by atoms with Gasteiger partial charge in [-0.25, -0.2) is 0 Å². The lowest BCUT2D eigenvalue weighted by Gasteiger charge is -2.20. The van der Waals surface area contributed by atoms with Crippen molar-refractivity contribution in [1.82, 2.24) is 14.9 Å². The molecule has 7 nitrogen and oxygen atoms in total. The number of amides is 1. The Hall–Kier alpha value is -3.82. The molecule has 10 heteroatoms. The summed E-state index contributed by atoms with van der Waals surface area (Å²) in [6.45, 7) is 0.844. The Morgan fingerprint density at radius 2 is 1.94 bits per heavy atom. The van der Waals surface area contributed by atoms with Gasteiger partial charge < -0.3 is 19.1 Å². The first-order valence-electron chi connectivity index (χ1n) is 9.60. The molecule has 1 amide bonds. The van der Waals surface area contributed by atoms with Gasteiger partial charge in [0, 0.05) is 11.8 Å². The number of alkyl halides is 3. The predicted octanol–water partition coefficient (Wildman–Crippen LogP) is 4.09. The average molecular weight is 445 g/mol. The molecule has 0 aliphatic carbocycles. The van der Waals surface area contributed by atoms with Crippen molar-refractivity contribution in [2.45, 2.75) is 12.9 Å². The van der Waals surface area contributed by atoms with E-state index in [0.717, 1.165) is 0 Å². The Balaban J connectivity index is 1.60. The molecular formula is C22H18F3N3O4. The van der Waals surface area contributed by atoms with Gasteiger partial charge in [-0.15, -0.1) is 13.2 Å². The number of nitrogens with zero attached hydrogens (tertiary/aromatic N) is 3. The van der Waals surface area contributed by atoms with Gasteiger partial charge in [-0.1, -0.05) is 0 Å². The van der Waals surface area contributed by atoms with Crippen LogP contribution < -0.4 is 14.2 Å². The van der Waals surface area contributed by atoms with Crippen molar-refractivity contribution in [3.05, 3.63) is 66.1 Å². The third kappa shape index (κ3) is 4.74. The molecule has 166 valence electrons. The molecular weight excluding hydrogens is 427 g/mol. The van der Waals surface area contributed by atoms with Crippen LogP contribution in [-0.2, 0) is 6.54 Å². The van der Waals surface area contributed by atoms with E-state index in [-0.39, 0.29) is 24.8 Å². The third-order valence-electron chi connectivity index (χ3n) is 4.80. The predicted molar refractivity (Wildman–Crippen MR) is 107 cm³/mol. The van der Waals surface area contributed by atoms with Crippen LogP contribution in [0.5, 0.6) is 17.2 Å². The number of carbonyl (C=O) groups is 1. The molecule has 0 fully saturated rings. The Kier molecular flexibility index (Phi) is 5.85. The maximum atomic E-state index is 13.2. The third-order valence-corrected chi connectivity index (χ3v) is 4.80. The Bertz CT molecular complexity index is 1120. The summed E-state index contributed by atoms with van der Waals surface area (Å²) in [6.07, 6.45) is -1.71. The molecule has 0 bridgehead atoms. The van der Waals surface area contributed by atoms with Crippen LogP contribution in [-0.4, -0.2) is 47.4 Å². The molecule has 2 aromatic heterocycles. The van der Waals surface area contributed by atoms with Gasteiger partial charge >= 0.3 is 6.36 Å². The summed E-state index contributed by atoms with van der Waals surface area (Å²) in [6, 6.07) is 10.3. The second kappa shape index (κ2) is 8.74. The highest BCUT2D eigenvalue weighted by atomic mass is 19.4. The fourth-order valence-electron chi connectivity index (χ4n) is 3.31. The Morgan fingerprint density at radius 1 is 1.16 bits per heavy atom. The first kappa shape index (κ1) is 21.4. The zero-order valence-corrected chi connectivity index (χ0v) is 16.9. The highest BCUT2D eigenvalue weighted by molar-refractivity contribution is 5.98. The summed E-state index contributed by atoms with van der Waals surface area (Å²) >= 11 is 0. The number of rotatable bonds is 5. The van der Waals surface area contributed by atoms with Crippen molar-refractivity contribution in [3.8, 4) is 28.5 Å². The van der Waals surface area contributed by atoms with Crippen molar-refractivity contribution in [2.75, 3.05) is 20.3 Å². The van der Waals surface area contributed by atoms with E-state index < -0.39 is 6.36 Å². The maximum absolute atomic E-state index is 13.2. The molecule has 0 radical (unpaired) electrons. The minimum atomic E-state index is -4.77. The smallest absolute Gasteiger partial charge is 0.495 e. The van der Waals surface area contributed by atoms with Crippen molar-refractivity contribution >= 4 is 5.91 Å². The van der Waals surface area contributed by atoms with E-state index in [2.05, 4.69) is 14.7 Å². The monoisotopic (exact) mass is 445 g/mol. The van der Waals surface area contributed by atoms with E-state index in [1.807, 2.05) is 0 Å². The maximum Gasteiger partial charge on any atom is 0.573 e. The number of methoxy groups -OCH3 is 1. The number of halogens is 3. The molecule has 0 saturated heterocycles. The number of ether oxygens (including phenoxy) is 3. The van der Waals surface area contributed by atoms with E-state index in [1.165, 1.54) is 37.6 Å².